The summed E-state index contributed by atoms with van der Waals surface area (Å²) in [7, 11) is 0. The van der Waals surface area contributed by atoms with Gasteiger partial charge in [-0.15, -0.1) is 0 Å². The van der Waals surface area contributed by atoms with Crippen molar-refractivity contribution in [3.05, 3.63) is 38.3 Å². The van der Waals surface area contributed by atoms with Gasteiger partial charge < -0.3 is 5.73 Å². The number of carbonyl (C=O) groups is 2. The predicted molar refractivity (Wildman–Crippen MR) is 54.9 cm³/mol. The van der Waals surface area contributed by atoms with E-state index < -0.39 is 16.6 Å². The molecule has 6 nitrogen and oxygen atoms in total. The van der Waals surface area contributed by atoms with Crippen molar-refractivity contribution in [1.29, 1.82) is 0 Å². The van der Waals surface area contributed by atoms with E-state index in [1.54, 1.807) is 6.07 Å². The molecule has 0 heterocycles. The highest BCUT2D eigenvalue weighted by atomic mass is 79.9. The van der Waals surface area contributed by atoms with E-state index in [1.165, 1.54) is 12.1 Å². The van der Waals surface area contributed by atoms with E-state index >= 15 is 0 Å². The molecule has 2 N–H and O–H groups in total. The van der Waals surface area contributed by atoms with E-state index in [1.807, 2.05) is 0 Å². The van der Waals surface area contributed by atoms with Gasteiger partial charge in [0, 0.05) is 4.47 Å². The molecule has 1 rings (SSSR count). The molecule has 0 aliphatic heterocycles. The summed E-state index contributed by atoms with van der Waals surface area (Å²) in [6.45, 7) is 0. The smallest absolute Gasteiger partial charge is 0.397 e. The van der Waals surface area contributed by atoms with Gasteiger partial charge in [0.25, 0.3) is 0 Å². The number of benzene rings is 1. The Balaban J connectivity index is 3.18. The van der Waals surface area contributed by atoms with Gasteiger partial charge >= 0.3 is 11.7 Å². The number of nitrogens with two attached hydrogens (primary N) is 1. The van der Waals surface area contributed by atoms with Gasteiger partial charge in [0.15, 0.2) is 0 Å². The summed E-state index contributed by atoms with van der Waals surface area (Å²) in [4.78, 5) is 30.9. The van der Waals surface area contributed by atoms with Crippen molar-refractivity contribution < 1.29 is 14.5 Å². The lowest BCUT2D eigenvalue weighted by molar-refractivity contribution is -0.394. The average molecular weight is 273 g/mol. The van der Waals surface area contributed by atoms with Crippen LogP contribution in [0.2, 0.25) is 0 Å². The number of hydrogen-bond donors (Lipinski definition) is 1. The van der Waals surface area contributed by atoms with E-state index in [-0.39, 0.29) is 11.3 Å². The van der Waals surface area contributed by atoms with Crippen LogP contribution >= 0.6 is 15.9 Å². The molecule has 7 heteroatoms. The van der Waals surface area contributed by atoms with Gasteiger partial charge in [-0.2, -0.15) is 0 Å². The first kappa shape index (κ1) is 11.3. The Morgan fingerprint density at radius 2 is 2.00 bits per heavy atom. The fourth-order valence-corrected chi connectivity index (χ4v) is 1.30. The highest BCUT2D eigenvalue weighted by molar-refractivity contribution is 9.10. The fourth-order valence-electron chi connectivity index (χ4n) is 0.933. The molecule has 1 aromatic carbocycles. The van der Waals surface area contributed by atoms with Crippen LogP contribution in [0.3, 0.4) is 0 Å². The highest BCUT2D eigenvalue weighted by Gasteiger charge is 2.29. The molecular weight excluding hydrogens is 268 g/mol. The molecule has 15 heavy (non-hydrogen) atoms. The first-order chi connectivity index (χ1) is 6.95. The van der Waals surface area contributed by atoms with E-state index in [4.69, 9.17) is 5.73 Å². The molecule has 0 unspecified atom stereocenters. The quantitative estimate of drug-likeness (QED) is 0.285. The van der Waals surface area contributed by atoms with Gasteiger partial charge in [-0.05, 0) is 28.1 Å². The number of ketones is 1. The third-order valence-electron chi connectivity index (χ3n) is 1.66. The zero-order valence-corrected chi connectivity index (χ0v) is 8.85. The van der Waals surface area contributed by atoms with Crippen LogP contribution < -0.4 is 5.73 Å². The number of nitrogens with zero attached hydrogens (tertiary/aromatic N) is 1. The molecule has 0 saturated heterocycles. The van der Waals surface area contributed by atoms with E-state index in [9.17, 15) is 19.7 Å². The molecular formula is C8H5BrN2O4. The maximum Gasteiger partial charge on any atom is 0.516 e. The van der Waals surface area contributed by atoms with Crippen molar-refractivity contribution in [3.8, 4) is 0 Å². The fraction of sp³-hybridized carbons (Fsp3) is 0. The molecule has 0 saturated carbocycles. The zero-order chi connectivity index (χ0) is 11.6. The standard InChI is InChI=1S/C8H5BrN2O4/c9-5-3-1-2-4(6(5)10)7(12)8(13)11(14)15/h1-3H,10H2. The molecule has 0 aliphatic carbocycles. The number of hydrogen-bond acceptors (Lipinski definition) is 5. The number of amides is 1. The van der Waals surface area contributed by atoms with Gasteiger partial charge in [0.2, 0.25) is 0 Å². The minimum Gasteiger partial charge on any atom is -0.397 e. The predicted octanol–water partition coefficient (Wildman–Crippen LogP) is 1.02. The molecule has 0 atom stereocenters. The van der Waals surface area contributed by atoms with E-state index in [0.717, 1.165) is 0 Å². The van der Waals surface area contributed by atoms with E-state index in [2.05, 4.69) is 15.9 Å². The van der Waals surface area contributed by atoms with Gasteiger partial charge in [-0.25, -0.2) is 4.79 Å². The van der Waals surface area contributed by atoms with Crippen molar-refractivity contribution in [2.24, 2.45) is 0 Å². The van der Waals surface area contributed by atoms with Crippen molar-refractivity contribution in [2.75, 3.05) is 5.73 Å². The third kappa shape index (κ3) is 2.18. The number of Topliss-reactive ketones (excluding diaryl/α,β-unsaturated/α-hetero) is 1. The minimum absolute atomic E-state index is 0.0118. The van der Waals surface area contributed by atoms with Crippen LogP contribution in [0.25, 0.3) is 0 Å². The molecule has 0 radical (unpaired) electrons. The Morgan fingerprint density at radius 1 is 1.40 bits per heavy atom. The first-order valence-electron chi connectivity index (χ1n) is 3.72. The van der Waals surface area contributed by atoms with Crippen LogP contribution in [0, 0.1) is 10.1 Å². The van der Waals surface area contributed by atoms with Crippen molar-refractivity contribution in [2.45, 2.75) is 0 Å². The SMILES string of the molecule is Nc1c(Br)cccc1C(=O)C(=O)[N+](=O)[O-]. The summed E-state index contributed by atoms with van der Waals surface area (Å²) in [5, 5.41) is 10.1. The lowest BCUT2D eigenvalue weighted by Crippen LogP contribution is -2.23. The second-order valence-electron chi connectivity index (χ2n) is 2.59. The number of rotatable bonds is 2. The van der Waals surface area contributed by atoms with Gasteiger partial charge in [0.05, 0.1) is 11.3 Å². The molecule has 0 spiro atoms. The maximum atomic E-state index is 11.3. The first-order valence-corrected chi connectivity index (χ1v) is 4.51. The van der Waals surface area contributed by atoms with Crippen LogP contribution in [-0.2, 0) is 4.79 Å². The van der Waals surface area contributed by atoms with Crippen molar-refractivity contribution in [3.63, 3.8) is 0 Å². The topological polar surface area (TPSA) is 103 Å². The highest BCUT2D eigenvalue weighted by Crippen LogP contribution is 2.23. The summed E-state index contributed by atoms with van der Waals surface area (Å²) in [6, 6.07) is 4.27. The second-order valence-corrected chi connectivity index (χ2v) is 3.45. The lowest BCUT2D eigenvalue weighted by Gasteiger charge is -2.02. The van der Waals surface area contributed by atoms with Crippen LogP contribution in [-0.4, -0.2) is 16.6 Å². The third-order valence-corrected chi connectivity index (χ3v) is 2.35. The molecule has 0 bridgehead atoms. The average Bonchev–Trinajstić information content (AvgIpc) is 2.20. The zero-order valence-electron chi connectivity index (χ0n) is 7.27. The van der Waals surface area contributed by atoms with Crippen molar-refractivity contribution >= 4 is 33.3 Å². The second kappa shape index (κ2) is 4.18. The monoisotopic (exact) mass is 272 g/mol. The number of halogens is 1. The van der Waals surface area contributed by atoms with Crippen molar-refractivity contribution in [1.82, 2.24) is 0 Å². The number of nitro groups is 1. The number of carbonyl (C=O) groups excluding carboxylic acids is 2. The lowest BCUT2D eigenvalue weighted by atomic mass is 10.1. The Kier molecular flexibility index (Phi) is 3.15. The summed E-state index contributed by atoms with van der Waals surface area (Å²) >= 11 is 3.04. The Labute approximate surface area is 92.3 Å². The molecule has 0 fully saturated rings. The summed E-state index contributed by atoms with van der Waals surface area (Å²) in [6.07, 6.45) is 0. The molecule has 1 amide bonds. The summed E-state index contributed by atoms with van der Waals surface area (Å²) in [5.74, 6) is -2.92. The summed E-state index contributed by atoms with van der Waals surface area (Å²) in [5.41, 5.74) is 5.32. The van der Waals surface area contributed by atoms with E-state index in [0.29, 0.717) is 4.47 Å². The normalized spacial score (nSPS) is 9.67. The minimum atomic E-state index is -1.69. The number of anilines is 1. The van der Waals surface area contributed by atoms with Crippen LogP contribution in [0.15, 0.2) is 22.7 Å². The van der Waals surface area contributed by atoms with Gasteiger partial charge in [-0.1, -0.05) is 6.07 Å². The number of nitrogen functional groups attached to an aromatic ring is 1. The molecule has 0 aliphatic rings. The van der Waals surface area contributed by atoms with Crippen LogP contribution in [0.5, 0.6) is 0 Å². The Morgan fingerprint density at radius 3 is 2.53 bits per heavy atom. The van der Waals surface area contributed by atoms with Gasteiger partial charge in [0.1, 0.15) is 4.92 Å². The molecule has 1 aromatic rings. The Hall–Kier alpha value is -1.76. The largest absolute Gasteiger partial charge is 0.516 e. The van der Waals surface area contributed by atoms with Crippen LogP contribution in [0.1, 0.15) is 10.4 Å². The molecule has 78 valence electrons. The van der Waals surface area contributed by atoms with Crippen LogP contribution in [0.4, 0.5) is 5.69 Å². The number of para-hydroxylation sites is 1. The van der Waals surface area contributed by atoms with Gasteiger partial charge in [-0.3, -0.25) is 14.9 Å². The Bertz CT molecular complexity index is 458. The maximum absolute atomic E-state index is 11.3. The molecule has 0 aromatic heterocycles. The summed E-state index contributed by atoms with van der Waals surface area (Å²) < 4.78 is 0.407.